The topological polar surface area (TPSA) is 60.1 Å². The SMILES string of the molecule is CC1(C)OB(c2cnn(-c3cccc(Cl)c3C#N)c2)OC1(C)C. The molecule has 0 N–H and O–H groups in total. The molecule has 7 heteroatoms. The Hall–Kier alpha value is -1.81. The predicted molar refractivity (Wildman–Crippen MR) is 89.0 cm³/mol. The monoisotopic (exact) mass is 329 g/mol. The van der Waals surface area contributed by atoms with E-state index in [1.807, 2.05) is 27.7 Å². The van der Waals surface area contributed by atoms with E-state index in [0.29, 0.717) is 16.3 Å². The molecule has 2 heterocycles. The van der Waals surface area contributed by atoms with Gasteiger partial charge in [0.05, 0.1) is 27.5 Å². The highest BCUT2D eigenvalue weighted by atomic mass is 35.5. The summed E-state index contributed by atoms with van der Waals surface area (Å²) < 4.78 is 13.6. The Labute approximate surface area is 140 Å². The molecule has 0 bridgehead atoms. The van der Waals surface area contributed by atoms with Gasteiger partial charge in [-0.2, -0.15) is 10.4 Å². The molecular weight excluding hydrogens is 312 g/mol. The smallest absolute Gasteiger partial charge is 0.399 e. The highest BCUT2D eigenvalue weighted by Gasteiger charge is 2.52. The molecule has 23 heavy (non-hydrogen) atoms. The minimum atomic E-state index is -0.488. The summed E-state index contributed by atoms with van der Waals surface area (Å²) in [6, 6.07) is 7.38. The molecule has 1 aliphatic heterocycles. The summed E-state index contributed by atoms with van der Waals surface area (Å²) in [6.07, 6.45) is 3.48. The number of aromatic nitrogens is 2. The molecule has 1 fully saturated rings. The molecular formula is C16H17BClN3O2. The lowest BCUT2D eigenvalue weighted by molar-refractivity contribution is 0.00578. The molecule has 1 aromatic heterocycles. The first-order valence-corrected chi connectivity index (χ1v) is 7.72. The molecule has 0 aliphatic carbocycles. The number of hydrogen-bond acceptors (Lipinski definition) is 4. The molecule has 5 nitrogen and oxygen atoms in total. The summed E-state index contributed by atoms with van der Waals surface area (Å²) in [5.74, 6) is 0. The second-order valence-electron chi connectivity index (χ2n) is 6.55. The van der Waals surface area contributed by atoms with Gasteiger partial charge in [-0.1, -0.05) is 17.7 Å². The molecule has 0 atom stereocenters. The maximum absolute atomic E-state index is 9.29. The minimum Gasteiger partial charge on any atom is -0.399 e. The van der Waals surface area contributed by atoms with Crippen molar-refractivity contribution in [2.75, 3.05) is 0 Å². The number of halogens is 1. The van der Waals surface area contributed by atoms with Gasteiger partial charge in [0.2, 0.25) is 0 Å². The Morgan fingerprint density at radius 2 is 1.87 bits per heavy atom. The van der Waals surface area contributed by atoms with Crippen molar-refractivity contribution in [1.29, 1.82) is 5.26 Å². The third-order valence-corrected chi connectivity index (χ3v) is 4.79. The number of nitrogens with zero attached hydrogens (tertiary/aromatic N) is 3. The Morgan fingerprint density at radius 3 is 2.48 bits per heavy atom. The van der Waals surface area contributed by atoms with Crippen LogP contribution in [0.5, 0.6) is 0 Å². The maximum atomic E-state index is 9.29. The van der Waals surface area contributed by atoms with Crippen molar-refractivity contribution in [3.05, 3.63) is 41.2 Å². The summed E-state index contributed by atoms with van der Waals surface area (Å²) in [7, 11) is -0.488. The lowest BCUT2D eigenvalue weighted by atomic mass is 9.82. The fourth-order valence-corrected chi connectivity index (χ4v) is 2.60. The highest BCUT2D eigenvalue weighted by Crippen LogP contribution is 2.36. The minimum absolute atomic E-state index is 0.387. The van der Waals surface area contributed by atoms with Gasteiger partial charge in [0.25, 0.3) is 0 Å². The van der Waals surface area contributed by atoms with Crippen LogP contribution >= 0.6 is 11.6 Å². The fraction of sp³-hybridized carbons (Fsp3) is 0.375. The van der Waals surface area contributed by atoms with Crippen LogP contribution in [0, 0.1) is 11.3 Å². The zero-order valence-corrected chi connectivity index (χ0v) is 14.3. The average Bonchev–Trinajstić information content (AvgIpc) is 3.02. The van der Waals surface area contributed by atoms with Gasteiger partial charge in [0, 0.05) is 17.9 Å². The van der Waals surface area contributed by atoms with E-state index in [4.69, 9.17) is 20.9 Å². The van der Waals surface area contributed by atoms with Crippen LogP contribution in [0.4, 0.5) is 0 Å². The van der Waals surface area contributed by atoms with E-state index < -0.39 is 18.3 Å². The van der Waals surface area contributed by atoms with E-state index in [2.05, 4.69) is 11.2 Å². The largest absolute Gasteiger partial charge is 0.498 e. The third kappa shape index (κ3) is 2.65. The fourth-order valence-electron chi connectivity index (χ4n) is 2.38. The molecule has 0 radical (unpaired) electrons. The Kier molecular flexibility index (Phi) is 3.76. The number of hydrogen-bond donors (Lipinski definition) is 0. The quantitative estimate of drug-likeness (QED) is 0.795. The lowest BCUT2D eigenvalue weighted by Crippen LogP contribution is -2.41. The number of rotatable bonds is 2. The van der Waals surface area contributed by atoms with Gasteiger partial charge in [0.15, 0.2) is 0 Å². The van der Waals surface area contributed by atoms with Crippen LogP contribution in [0.15, 0.2) is 30.6 Å². The van der Waals surface area contributed by atoms with Crippen LogP contribution in [-0.4, -0.2) is 28.1 Å². The third-order valence-electron chi connectivity index (χ3n) is 4.48. The lowest BCUT2D eigenvalue weighted by Gasteiger charge is -2.32. The van der Waals surface area contributed by atoms with Crippen LogP contribution in [0.25, 0.3) is 5.69 Å². The first-order valence-electron chi connectivity index (χ1n) is 7.34. The molecule has 3 rings (SSSR count). The maximum Gasteiger partial charge on any atom is 0.498 e. The van der Waals surface area contributed by atoms with E-state index in [-0.39, 0.29) is 0 Å². The number of nitriles is 1. The van der Waals surface area contributed by atoms with E-state index in [1.54, 1.807) is 35.3 Å². The van der Waals surface area contributed by atoms with Gasteiger partial charge in [0.1, 0.15) is 6.07 Å². The molecule has 118 valence electrons. The zero-order valence-electron chi connectivity index (χ0n) is 13.5. The highest BCUT2D eigenvalue weighted by molar-refractivity contribution is 6.62. The van der Waals surface area contributed by atoms with Crippen LogP contribution in [-0.2, 0) is 9.31 Å². The van der Waals surface area contributed by atoms with Crippen molar-refractivity contribution in [2.24, 2.45) is 0 Å². The van der Waals surface area contributed by atoms with Crippen molar-refractivity contribution in [3.63, 3.8) is 0 Å². The predicted octanol–water partition coefficient (Wildman–Crippen LogP) is 2.70. The van der Waals surface area contributed by atoms with Gasteiger partial charge in [-0.05, 0) is 39.8 Å². The zero-order chi connectivity index (χ0) is 16.8. The van der Waals surface area contributed by atoms with E-state index >= 15 is 0 Å². The molecule has 2 aromatic rings. The second kappa shape index (κ2) is 5.38. The van der Waals surface area contributed by atoms with Crippen molar-refractivity contribution < 1.29 is 9.31 Å². The van der Waals surface area contributed by atoms with E-state index in [9.17, 15) is 5.26 Å². The summed E-state index contributed by atoms with van der Waals surface area (Å²) in [6.45, 7) is 8.01. The van der Waals surface area contributed by atoms with Gasteiger partial charge in [-0.25, -0.2) is 4.68 Å². The molecule has 0 spiro atoms. The first kappa shape index (κ1) is 16.1. The van der Waals surface area contributed by atoms with E-state index in [1.165, 1.54) is 0 Å². The Morgan fingerprint density at radius 1 is 1.22 bits per heavy atom. The van der Waals surface area contributed by atoms with Crippen LogP contribution in [0.3, 0.4) is 0 Å². The molecule has 1 saturated heterocycles. The van der Waals surface area contributed by atoms with Gasteiger partial charge >= 0.3 is 7.12 Å². The van der Waals surface area contributed by atoms with Crippen molar-refractivity contribution in [2.45, 2.75) is 38.9 Å². The molecule has 0 amide bonds. The van der Waals surface area contributed by atoms with Crippen LogP contribution in [0.1, 0.15) is 33.3 Å². The summed E-state index contributed by atoms with van der Waals surface area (Å²) >= 11 is 6.08. The Balaban J connectivity index is 1.95. The van der Waals surface area contributed by atoms with Gasteiger partial charge in [-0.3, -0.25) is 0 Å². The van der Waals surface area contributed by atoms with Crippen molar-refractivity contribution in [1.82, 2.24) is 9.78 Å². The summed E-state index contributed by atoms with van der Waals surface area (Å²) in [5, 5.41) is 14.0. The number of benzene rings is 1. The van der Waals surface area contributed by atoms with Crippen molar-refractivity contribution in [3.8, 4) is 11.8 Å². The Bertz CT molecular complexity index is 779. The van der Waals surface area contributed by atoms with Gasteiger partial charge in [-0.15, -0.1) is 0 Å². The standard InChI is InChI=1S/C16H17BClN3O2/c1-15(2)16(3,4)23-17(22-15)11-9-20-21(10-11)14-7-5-6-13(18)12(14)8-19/h5-7,9-10H,1-4H3. The molecule has 1 aliphatic rings. The van der Waals surface area contributed by atoms with Crippen LogP contribution in [0.2, 0.25) is 5.02 Å². The van der Waals surface area contributed by atoms with Crippen molar-refractivity contribution >= 4 is 24.2 Å². The first-order chi connectivity index (χ1) is 10.7. The summed E-state index contributed by atoms with van der Waals surface area (Å²) in [5.41, 5.74) is 0.995. The summed E-state index contributed by atoms with van der Waals surface area (Å²) in [4.78, 5) is 0. The average molecular weight is 330 g/mol. The van der Waals surface area contributed by atoms with E-state index in [0.717, 1.165) is 5.46 Å². The van der Waals surface area contributed by atoms with Gasteiger partial charge < -0.3 is 9.31 Å². The molecule has 0 unspecified atom stereocenters. The second-order valence-corrected chi connectivity index (χ2v) is 6.96. The molecule has 1 aromatic carbocycles. The van der Waals surface area contributed by atoms with Crippen LogP contribution < -0.4 is 5.46 Å². The normalized spacial score (nSPS) is 18.9. The molecule has 0 saturated carbocycles.